The van der Waals surface area contributed by atoms with Crippen LogP contribution in [0.25, 0.3) is 0 Å². The molecule has 4 nitrogen and oxygen atoms in total. The van der Waals surface area contributed by atoms with E-state index in [0.29, 0.717) is 5.56 Å². The van der Waals surface area contributed by atoms with Crippen molar-refractivity contribution in [1.82, 2.24) is 0 Å². The molecule has 0 aliphatic carbocycles. The van der Waals surface area contributed by atoms with Crippen LogP contribution >= 0.6 is 11.3 Å². The van der Waals surface area contributed by atoms with E-state index in [4.69, 9.17) is 10.2 Å². The van der Waals surface area contributed by atoms with Crippen LogP contribution in [-0.2, 0) is 0 Å². The van der Waals surface area contributed by atoms with Gasteiger partial charge >= 0.3 is 11.9 Å². The van der Waals surface area contributed by atoms with Crippen molar-refractivity contribution in [1.29, 1.82) is 0 Å². The van der Waals surface area contributed by atoms with E-state index in [2.05, 4.69) is 0 Å². The zero-order chi connectivity index (χ0) is 13.4. The maximum Gasteiger partial charge on any atom is 0.346 e. The van der Waals surface area contributed by atoms with Gasteiger partial charge in [0.1, 0.15) is 9.75 Å². The van der Waals surface area contributed by atoms with Crippen molar-refractivity contribution in [3.05, 3.63) is 21.4 Å². The Morgan fingerprint density at radius 2 is 1.76 bits per heavy atom. The number of carbonyl (C=O) groups is 2. The van der Waals surface area contributed by atoms with Crippen molar-refractivity contribution in [2.24, 2.45) is 5.41 Å². The Labute approximate surface area is 104 Å². The van der Waals surface area contributed by atoms with E-state index in [0.717, 1.165) is 11.3 Å². The third-order valence-corrected chi connectivity index (χ3v) is 4.06. The van der Waals surface area contributed by atoms with Crippen LogP contribution in [0.1, 0.15) is 58.5 Å². The minimum absolute atomic E-state index is 0.0158. The van der Waals surface area contributed by atoms with Crippen molar-refractivity contribution < 1.29 is 19.8 Å². The van der Waals surface area contributed by atoms with Crippen molar-refractivity contribution in [3.8, 4) is 0 Å². The second-order valence-corrected chi connectivity index (χ2v) is 6.15. The van der Waals surface area contributed by atoms with E-state index in [1.165, 1.54) is 6.07 Å². The number of carboxylic acids is 2. The van der Waals surface area contributed by atoms with E-state index >= 15 is 0 Å². The molecule has 1 rings (SSSR count). The van der Waals surface area contributed by atoms with Gasteiger partial charge in [-0.25, -0.2) is 9.59 Å². The highest BCUT2D eigenvalue weighted by atomic mass is 32.1. The largest absolute Gasteiger partial charge is 0.477 e. The molecule has 1 heterocycles. The first-order valence-corrected chi connectivity index (χ1v) is 6.06. The lowest BCUT2D eigenvalue weighted by Gasteiger charge is -2.27. The van der Waals surface area contributed by atoms with Gasteiger partial charge in [0.05, 0.1) is 0 Å². The fourth-order valence-corrected chi connectivity index (χ4v) is 2.40. The summed E-state index contributed by atoms with van der Waals surface area (Å²) in [5.41, 5.74) is 0.494. The van der Waals surface area contributed by atoms with Gasteiger partial charge in [0.25, 0.3) is 0 Å². The van der Waals surface area contributed by atoms with E-state index < -0.39 is 11.9 Å². The fraction of sp³-hybridized carbons (Fsp3) is 0.500. The minimum Gasteiger partial charge on any atom is -0.477 e. The van der Waals surface area contributed by atoms with Gasteiger partial charge in [-0.3, -0.25) is 0 Å². The second kappa shape index (κ2) is 4.49. The lowest BCUT2D eigenvalue weighted by molar-refractivity contribution is 0.0691. The van der Waals surface area contributed by atoms with Crippen molar-refractivity contribution in [2.75, 3.05) is 0 Å². The zero-order valence-electron chi connectivity index (χ0n) is 10.3. The van der Waals surface area contributed by atoms with E-state index in [-0.39, 0.29) is 21.1 Å². The lowest BCUT2D eigenvalue weighted by Crippen LogP contribution is -2.16. The molecule has 0 radical (unpaired) electrons. The highest BCUT2D eigenvalue weighted by Gasteiger charge is 2.29. The zero-order valence-corrected chi connectivity index (χ0v) is 11.1. The smallest absolute Gasteiger partial charge is 0.346 e. The molecule has 0 fully saturated rings. The predicted octanol–water partition coefficient (Wildman–Crippen LogP) is 3.29. The Balaban J connectivity index is 3.31. The first-order chi connectivity index (χ1) is 7.64. The van der Waals surface area contributed by atoms with Crippen molar-refractivity contribution in [3.63, 3.8) is 0 Å². The Kier molecular flexibility index (Phi) is 3.62. The number of aromatic carboxylic acids is 2. The second-order valence-electron chi connectivity index (χ2n) is 5.09. The maximum atomic E-state index is 11.1. The molecule has 1 aromatic heterocycles. The molecular weight excluding hydrogens is 240 g/mol. The van der Waals surface area contributed by atoms with Crippen LogP contribution in [0.5, 0.6) is 0 Å². The van der Waals surface area contributed by atoms with Crippen LogP contribution in [0.2, 0.25) is 0 Å². The number of thiophene rings is 1. The summed E-state index contributed by atoms with van der Waals surface area (Å²) in [4.78, 5) is 22.2. The van der Waals surface area contributed by atoms with Gasteiger partial charge in [-0.05, 0) is 23.0 Å². The lowest BCUT2D eigenvalue weighted by atomic mass is 9.78. The monoisotopic (exact) mass is 256 g/mol. The van der Waals surface area contributed by atoms with Gasteiger partial charge in [-0.15, -0.1) is 11.3 Å². The summed E-state index contributed by atoms with van der Waals surface area (Å²) in [6, 6.07) is 1.48. The number of rotatable bonds is 3. The van der Waals surface area contributed by atoms with E-state index in [1.54, 1.807) is 0 Å². The van der Waals surface area contributed by atoms with Crippen molar-refractivity contribution >= 4 is 23.3 Å². The van der Waals surface area contributed by atoms with Gasteiger partial charge in [-0.1, -0.05) is 27.7 Å². The number of carboxylic acid groups (broad SMARTS) is 2. The van der Waals surface area contributed by atoms with Gasteiger partial charge in [-0.2, -0.15) is 0 Å². The average molecular weight is 256 g/mol. The summed E-state index contributed by atoms with van der Waals surface area (Å²) in [5, 5.41) is 18.0. The summed E-state index contributed by atoms with van der Waals surface area (Å²) < 4.78 is 0. The highest BCUT2D eigenvalue weighted by molar-refractivity contribution is 7.16. The van der Waals surface area contributed by atoms with Crippen LogP contribution in [-0.4, -0.2) is 22.2 Å². The molecule has 0 saturated heterocycles. The maximum absolute atomic E-state index is 11.1. The first kappa shape index (κ1) is 13.7. The van der Waals surface area contributed by atoms with Crippen LogP contribution in [0.4, 0.5) is 0 Å². The Morgan fingerprint density at radius 3 is 2.12 bits per heavy atom. The third-order valence-electron chi connectivity index (χ3n) is 2.93. The summed E-state index contributed by atoms with van der Waals surface area (Å²) in [6.45, 7) is 7.92. The van der Waals surface area contributed by atoms with E-state index in [9.17, 15) is 9.59 Å². The third kappa shape index (κ3) is 2.85. The molecule has 17 heavy (non-hydrogen) atoms. The number of hydrogen-bond donors (Lipinski definition) is 2. The topological polar surface area (TPSA) is 74.6 Å². The molecular formula is C12H16O4S. The molecule has 0 aromatic carbocycles. The molecule has 0 aliphatic rings. The molecule has 0 bridgehead atoms. The predicted molar refractivity (Wildman–Crippen MR) is 66.1 cm³/mol. The SMILES string of the molecule is CC(c1cc(C(=O)O)sc1C(=O)O)C(C)(C)C. The summed E-state index contributed by atoms with van der Waals surface area (Å²) in [7, 11) is 0. The quantitative estimate of drug-likeness (QED) is 0.870. The first-order valence-electron chi connectivity index (χ1n) is 5.25. The molecule has 0 amide bonds. The Bertz CT molecular complexity index is 454. The van der Waals surface area contributed by atoms with Crippen LogP contribution in [0.15, 0.2) is 6.07 Å². The average Bonchev–Trinajstić information content (AvgIpc) is 2.59. The standard InChI is InChI=1S/C12H16O4S/c1-6(12(2,3)4)7-5-8(10(13)14)17-9(7)11(15)16/h5-6H,1-4H3,(H,13,14)(H,15,16). The van der Waals surface area contributed by atoms with E-state index in [1.807, 2.05) is 27.7 Å². The summed E-state index contributed by atoms with van der Waals surface area (Å²) >= 11 is 0.821. The fourth-order valence-electron chi connectivity index (χ4n) is 1.47. The molecule has 0 spiro atoms. The highest BCUT2D eigenvalue weighted by Crippen LogP contribution is 2.39. The van der Waals surface area contributed by atoms with Gasteiger partial charge in [0, 0.05) is 0 Å². The normalized spacial score (nSPS) is 13.4. The van der Waals surface area contributed by atoms with Crippen LogP contribution < -0.4 is 0 Å². The molecule has 1 atom stereocenters. The molecule has 1 unspecified atom stereocenters. The molecule has 0 aliphatic heterocycles. The summed E-state index contributed by atoms with van der Waals surface area (Å²) in [5.74, 6) is -2.16. The van der Waals surface area contributed by atoms with Gasteiger partial charge in [0.2, 0.25) is 0 Å². The van der Waals surface area contributed by atoms with Crippen molar-refractivity contribution in [2.45, 2.75) is 33.6 Å². The Hall–Kier alpha value is -1.36. The van der Waals surface area contributed by atoms with Gasteiger partial charge in [0.15, 0.2) is 0 Å². The molecule has 2 N–H and O–H groups in total. The Morgan fingerprint density at radius 1 is 1.24 bits per heavy atom. The molecule has 94 valence electrons. The molecule has 5 heteroatoms. The summed E-state index contributed by atoms with van der Waals surface area (Å²) in [6.07, 6.45) is 0. The number of hydrogen-bond acceptors (Lipinski definition) is 3. The van der Waals surface area contributed by atoms with Gasteiger partial charge < -0.3 is 10.2 Å². The molecule has 0 saturated carbocycles. The van der Waals surface area contributed by atoms with Crippen LogP contribution in [0.3, 0.4) is 0 Å². The molecule has 1 aromatic rings. The minimum atomic E-state index is -1.08. The van der Waals surface area contributed by atoms with Crippen LogP contribution in [0, 0.1) is 5.41 Å².